The second-order valence-electron chi connectivity index (χ2n) is 4.12. The molecule has 0 radical (unpaired) electrons. The van der Waals surface area contributed by atoms with Gasteiger partial charge in [0.1, 0.15) is 6.61 Å². The molecule has 98 valence electrons. The van der Waals surface area contributed by atoms with Crippen LogP contribution in [0.2, 0.25) is 0 Å². The molecule has 0 aliphatic carbocycles. The van der Waals surface area contributed by atoms with Gasteiger partial charge in [0.15, 0.2) is 0 Å². The van der Waals surface area contributed by atoms with Gasteiger partial charge in [-0.2, -0.15) is 4.31 Å². The lowest BCUT2D eigenvalue weighted by atomic mass is 10.2. The van der Waals surface area contributed by atoms with Crippen molar-refractivity contribution >= 4 is 16.1 Å². The molecule has 1 saturated heterocycles. The van der Waals surface area contributed by atoms with Gasteiger partial charge in [-0.3, -0.25) is 0 Å². The summed E-state index contributed by atoms with van der Waals surface area (Å²) in [4.78, 5) is 10.7. The Morgan fingerprint density at radius 1 is 1.50 bits per heavy atom. The number of rotatable bonds is 4. The second kappa shape index (κ2) is 4.58. The van der Waals surface area contributed by atoms with Gasteiger partial charge in [0.05, 0.1) is 10.9 Å². The number of ether oxygens (including phenoxy) is 1. The third kappa shape index (κ3) is 2.46. The molecule has 2 atom stereocenters. The fourth-order valence-electron chi connectivity index (χ4n) is 1.74. The number of nitrogens with two attached hydrogens (primary N) is 1. The molecule has 0 bridgehead atoms. The zero-order valence-electron chi connectivity index (χ0n) is 9.87. The van der Waals surface area contributed by atoms with E-state index < -0.39 is 16.1 Å². The van der Waals surface area contributed by atoms with E-state index in [1.807, 2.05) is 0 Å². The molecular formula is C11H14N2O4S. The Bertz CT molecular complexity index is 570. The maximum absolute atomic E-state index is 12.2. The fraction of sp³-hybridized carbons (Fsp3) is 0.364. The van der Waals surface area contributed by atoms with Gasteiger partial charge < -0.3 is 10.5 Å². The predicted molar refractivity (Wildman–Crippen MR) is 64.4 cm³/mol. The van der Waals surface area contributed by atoms with E-state index in [9.17, 15) is 13.2 Å². The van der Waals surface area contributed by atoms with Gasteiger partial charge in [-0.25, -0.2) is 13.2 Å². The third-order valence-corrected chi connectivity index (χ3v) is 4.84. The number of hydrogen-bond donors (Lipinski definition) is 1. The highest BCUT2D eigenvalue weighted by Crippen LogP contribution is 2.29. The van der Waals surface area contributed by atoms with Crippen LogP contribution in [0.15, 0.2) is 29.2 Å². The smallest absolute Gasteiger partial charge is 0.404 e. The summed E-state index contributed by atoms with van der Waals surface area (Å²) in [6.45, 7) is 2.09. The molecule has 0 spiro atoms. The van der Waals surface area contributed by atoms with Gasteiger partial charge in [-0.15, -0.1) is 0 Å². The molecule has 7 heteroatoms. The Morgan fingerprint density at radius 2 is 2.17 bits per heavy atom. The molecule has 1 aromatic rings. The van der Waals surface area contributed by atoms with Crippen LogP contribution >= 0.6 is 0 Å². The minimum absolute atomic E-state index is 0.000441. The molecule has 18 heavy (non-hydrogen) atoms. The largest absolute Gasteiger partial charge is 0.448 e. The first-order chi connectivity index (χ1) is 8.43. The second-order valence-corrected chi connectivity index (χ2v) is 5.98. The molecule has 1 fully saturated rings. The summed E-state index contributed by atoms with van der Waals surface area (Å²) in [6, 6.07) is 6.46. The lowest BCUT2D eigenvalue weighted by molar-refractivity contribution is 0.155. The molecule has 0 aromatic heterocycles. The Kier molecular flexibility index (Phi) is 3.27. The Labute approximate surface area is 105 Å². The number of primary amides is 1. The molecule has 1 aliphatic rings. The van der Waals surface area contributed by atoms with Crippen molar-refractivity contribution < 1.29 is 17.9 Å². The summed E-state index contributed by atoms with van der Waals surface area (Å²) < 4.78 is 30.3. The van der Waals surface area contributed by atoms with E-state index in [2.05, 4.69) is 4.74 Å². The van der Waals surface area contributed by atoms with Crippen LogP contribution in [0, 0.1) is 6.92 Å². The van der Waals surface area contributed by atoms with E-state index in [-0.39, 0.29) is 17.5 Å². The van der Waals surface area contributed by atoms with Crippen molar-refractivity contribution in [1.82, 2.24) is 4.31 Å². The normalized spacial score (nSPS) is 22.5. The van der Waals surface area contributed by atoms with E-state index >= 15 is 0 Å². The lowest BCUT2D eigenvalue weighted by Crippen LogP contribution is -2.21. The maximum atomic E-state index is 12.2. The molecule has 2 unspecified atom stereocenters. The number of hydrogen-bond acceptors (Lipinski definition) is 4. The monoisotopic (exact) mass is 270 g/mol. The Balaban J connectivity index is 2.11. The first-order valence-electron chi connectivity index (χ1n) is 5.42. The van der Waals surface area contributed by atoms with Crippen molar-refractivity contribution in [3.63, 3.8) is 0 Å². The van der Waals surface area contributed by atoms with Gasteiger partial charge in [0.25, 0.3) is 0 Å². The van der Waals surface area contributed by atoms with Crippen LogP contribution < -0.4 is 5.73 Å². The number of aryl methyl sites for hydroxylation is 1. The summed E-state index contributed by atoms with van der Waals surface area (Å²) in [5.74, 6) is 0. The summed E-state index contributed by atoms with van der Waals surface area (Å²) in [7, 11) is -3.49. The first-order valence-corrected chi connectivity index (χ1v) is 6.86. The van der Waals surface area contributed by atoms with E-state index in [0.29, 0.717) is 12.1 Å². The number of nitrogens with zero attached hydrogens (tertiary/aromatic N) is 1. The average molecular weight is 270 g/mol. The van der Waals surface area contributed by atoms with Crippen LogP contribution in [-0.4, -0.2) is 38.0 Å². The summed E-state index contributed by atoms with van der Waals surface area (Å²) in [6.07, 6.45) is -0.893. The molecular weight excluding hydrogens is 256 g/mol. The Hall–Kier alpha value is -1.60. The Morgan fingerprint density at radius 3 is 2.78 bits per heavy atom. The van der Waals surface area contributed by atoms with E-state index in [1.54, 1.807) is 31.2 Å². The zero-order chi connectivity index (χ0) is 13.3. The van der Waals surface area contributed by atoms with Gasteiger partial charge >= 0.3 is 6.09 Å². The maximum Gasteiger partial charge on any atom is 0.404 e. The summed E-state index contributed by atoms with van der Waals surface area (Å²) in [5.41, 5.74) is 5.52. The first kappa shape index (κ1) is 12.8. The highest BCUT2D eigenvalue weighted by molar-refractivity contribution is 7.89. The van der Waals surface area contributed by atoms with Crippen molar-refractivity contribution in [2.24, 2.45) is 5.73 Å². The van der Waals surface area contributed by atoms with E-state index in [1.165, 1.54) is 4.31 Å². The third-order valence-electron chi connectivity index (χ3n) is 2.76. The van der Waals surface area contributed by atoms with Crippen LogP contribution in [0.25, 0.3) is 0 Å². The SMILES string of the molecule is Cc1ccccc1S(=O)(=O)N1CC1COC(N)=O. The number of amides is 1. The van der Waals surface area contributed by atoms with E-state index in [4.69, 9.17) is 5.73 Å². The highest BCUT2D eigenvalue weighted by Gasteiger charge is 2.45. The lowest BCUT2D eigenvalue weighted by Gasteiger charge is -2.08. The highest BCUT2D eigenvalue weighted by atomic mass is 32.2. The summed E-state index contributed by atoms with van der Waals surface area (Å²) >= 11 is 0. The van der Waals surface area contributed by atoms with Crippen LogP contribution in [0.4, 0.5) is 4.79 Å². The minimum Gasteiger partial charge on any atom is -0.448 e. The van der Waals surface area contributed by atoms with Crippen LogP contribution in [-0.2, 0) is 14.8 Å². The molecule has 2 rings (SSSR count). The van der Waals surface area contributed by atoms with Crippen molar-refractivity contribution in [3.8, 4) is 0 Å². The van der Waals surface area contributed by atoms with Crippen molar-refractivity contribution in [3.05, 3.63) is 29.8 Å². The number of carbonyl (C=O) groups is 1. The zero-order valence-corrected chi connectivity index (χ0v) is 10.7. The van der Waals surface area contributed by atoms with Crippen LogP contribution in [0.3, 0.4) is 0 Å². The molecule has 6 nitrogen and oxygen atoms in total. The number of sulfonamides is 1. The topological polar surface area (TPSA) is 89.5 Å². The fourth-order valence-corrected chi connectivity index (χ4v) is 3.54. The molecule has 2 N–H and O–H groups in total. The van der Waals surface area contributed by atoms with Crippen LogP contribution in [0.5, 0.6) is 0 Å². The molecule has 0 saturated carbocycles. The van der Waals surface area contributed by atoms with E-state index in [0.717, 1.165) is 0 Å². The quantitative estimate of drug-likeness (QED) is 0.805. The molecule has 1 aliphatic heterocycles. The van der Waals surface area contributed by atoms with Gasteiger partial charge in [0, 0.05) is 6.54 Å². The summed E-state index contributed by atoms with van der Waals surface area (Å²) in [5, 5.41) is 0. The number of benzene rings is 1. The molecule has 1 amide bonds. The van der Waals surface area contributed by atoms with Crippen molar-refractivity contribution in [1.29, 1.82) is 0 Å². The van der Waals surface area contributed by atoms with Gasteiger partial charge in [0.2, 0.25) is 10.0 Å². The standard InChI is InChI=1S/C11H14N2O4S/c1-8-4-2-3-5-10(8)18(15,16)13-6-9(13)7-17-11(12)14/h2-5,9H,6-7H2,1H3,(H2,12,14). The van der Waals surface area contributed by atoms with Crippen molar-refractivity contribution in [2.45, 2.75) is 17.9 Å². The molecule has 1 heterocycles. The van der Waals surface area contributed by atoms with Gasteiger partial charge in [-0.1, -0.05) is 18.2 Å². The van der Waals surface area contributed by atoms with Crippen LogP contribution in [0.1, 0.15) is 5.56 Å². The minimum atomic E-state index is -3.49. The van der Waals surface area contributed by atoms with Gasteiger partial charge in [-0.05, 0) is 18.6 Å². The average Bonchev–Trinajstić information content (AvgIpc) is 3.06. The predicted octanol–water partition coefficient (Wildman–Crippen LogP) is 0.463. The molecule has 1 aromatic carbocycles. The number of carbonyl (C=O) groups excluding carboxylic acids is 1. The van der Waals surface area contributed by atoms with Crippen molar-refractivity contribution in [2.75, 3.05) is 13.2 Å².